The SMILES string of the molecule is O=C(O)c1nnc(-c2ccccn2)[nH]1. The highest BCUT2D eigenvalue weighted by molar-refractivity contribution is 5.83. The number of aromatic carboxylic acids is 1. The number of hydrogen-bond donors (Lipinski definition) is 2. The number of carbonyl (C=O) groups is 1. The van der Waals surface area contributed by atoms with E-state index in [0.29, 0.717) is 11.5 Å². The molecule has 0 saturated heterocycles. The fourth-order valence-corrected chi connectivity index (χ4v) is 0.976. The Labute approximate surface area is 78.6 Å². The zero-order chi connectivity index (χ0) is 9.97. The summed E-state index contributed by atoms with van der Waals surface area (Å²) in [6.45, 7) is 0. The smallest absolute Gasteiger partial charge is 0.373 e. The molecule has 0 radical (unpaired) electrons. The highest BCUT2D eigenvalue weighted by Gasteiger charge is 2.10. The molecular formula is C8H6N4O2. The van der Waals surface area contributed by atoms with Crippen molar-refractivity contribution in [2.45, 2.75) is 0 Å². The summed E-state index contributed by atoms with van der Waals surface area (Å²) in [5.41, 5.74) is 0.563. The second kappa shape index (κ2) is 3.25. The molecule has 0 aliphatic heterocycles. The van der Waals surface area contributed by atoms with Gasteiger partial charge in [0.1, 0.15) is 5.69 Å². The lowest BCUT2D eigenvalue weighted by Crippen LogP contribution is -1.98. The fraction of sp³-hybridized carbons (Fsp3) is 0. The standard InChI is InChI=1S/C8H6N4O2/c13-8(14)7-10-6(11-12-7)5-3-1-2-4-9-5/h1-4H,(H,13,14)(H,10,11,12). The number of aromatic amines is 1. The van der Waals surface area contributed by atoms with Crippen LogP contribution in [-0.2, 0) is 0 Å². The lowest BCUT2D eigenvalue weighted by Gasteiger charge is -1.91. The molecule has 0 saturated carbocycles. The van der Waals surface area contributed by atoms with Gasteiger partial charge in [0, 0.05) is 6.20 Å². The van der Waals surface area contributed by atoms with Crippen LogP contribution in [0.25, 0.3) is 11.5 Å². The van der Waals surface area contributed by atoms with Crippen molar-refractivity contribution in [2.75, 3.05) is 0 Å². The van der Waals surface area contributed by atoms with Crippen LogP contribution >= 0.6 is 0 Å². The fourth-order valence-electron chi connectivity index (χ4n) is 0.976. The van der Waals surface area contributed by atoms with Crippen LogP contribution in [0.4, 0.5) is 0 Å². The maximum absolute atomic E-state index is 10.5. The Balaban J connectivity index is 2.39. The minimum absolute atomic E-state index is 0.189. The van der Waals surface area contributed by atoms with Gasteiger partial charge in [0.25, 0.3) is 0 Å². The first-order valence-corrected chi connectivity index (χ1v) is 3.85. The molecule has 6 nitrogen and oxygen atoms in total. The number of pyridine rings is 1. The third kappa shape index (κ3) is 1.45. The molecule has 2 N–H and O–H groups in total. The molecule has 2 rings (SSSR count). The minimum atomic E-state index is -1.14. The summed E-state index contributed by atoms with van der Waals surface area (Å²) in [5.74, 6) is -0.978. The van der Waals surface area contributed by atoms with Gasteiger partial charge in [0.05, 0.1) is 0 Å². The van der Waals surface area contributed by atoms with E-state index in [1.54, 1.807) is 24.4 Å². The molecule has 6 heteroatoms. The van der Waals surface area contributed by atoms with Crippen LogP contribution in [0, 0.1) is 0 Å². The third-order valence-electron chi connectivity index (χ3n) is 1.60. The van der Waals surface area contributed by atoms with Gasteiger partial charge in [-0.15, -0.1) is 10.2 Å². The van der Waals surface area contributed by atoms with Crippen molar-refractivity contribution in [1.82, 2.24) is 20.2 Å². The number of rotatable bonds is 2. The summed E-state index contributed by atoms with van der Waals surface area (Å²) in [6, 6.07) is 5.26. The Morgan fingerprint density at radius 3 is 2.79 bits per heavy atom. The first-order valence-electron chi connectivity index (χ1n) is 3.85. The molecule has 2 aromatic heterocycles. The number of nitrogens with zero attached hydrogens (tertiary/aromatic N) is 3. The molecule has 14 heavy (non-hydrogen) atoms. The summed E-state index contributed by atoms with van der Waals surface area (Å²) < 4.78 is 0. The predicted molar refractivity (Wildman–Crippen MR) is 46.6 cm³/mol. The zero-order valence-corrected chi connectivity index (χ0v) is 7.01. The van der Waals surface area contributed by atoms with Gasteiger partial charge in [-0.3, -0.25) is 4.98 Å². The van der Waals surface area contributed by atoms with Gasteiger partial charge in [-0.1, -0.05) is 6.07 Å². The van der Waals surface area contributed by atoms with E-state index in [1.807, 2.05) is 0 Å². The Bertz CT molecular complexity index is 451. The molecule has 0 fully saturated rings. The van der Waals surface area contributed by atoms with Crippen LogP contribution in [0.2, 0.25) is 0 Å². The van der Waals surface area contributed by atoms with Gasteiger partial charge in [-0.25, -0.2) is 4.79 Å². The molecule has 0 atom stereocenters. The van der Waals surface area contributed by atoms with Crippen LogP contribution in [0.1, 0.15) is 10.6 Å². The Hall–Kier alpha value is -2.24. The third-order valence-corrected chi connectivity index (χ3v) is 1.60. The topological polar surface area (TPSA) is 91.8 Å². The van der Waals surface area contributed by atoms with Crippen molar-refractivity contribution in [3.05, 3.63) is 30.2 Å². The highest BCUT2D eigenvalue weighted by Crippen LogP contribution is 2.09. The van der Waals surface area contributed by atoms with E-state index in [-0.39, 0.29) is 5.82 Å². The molecule has 0 spiro atoms. The van der Waals surface area contributed by atoms with Crippen LogP contribution in [0.3, 0.4) is 0 Å². The van der Waals surface area contributed by atoms with E-state index >= 15 is 0 Å². The Morgan fingerprint density at radius 2 is 2.21 bits per heavy atom. The van der Waals surface area contributed by atoms with E-state index in [1.165, 1.54) is 0 Å². The summed E-state index contributed by atoms with van der Waals surface area (Å²) in [7, 11) is 0. The number of carboxylic acid groups (broad SMARTS) is 1. The van der Waals surface area contributed by atoms with Gasteiger partial charge in [-0.2, -0.15) is 0 Å². The Morgan fingerprint density at radius 1 is 1.36 bits per heavy atom. The van der Waals surface area contributed by atoms with Crippen molar-refractivity contribution in [3.63, 3.8) is 0 Å². The summed E-state index contributed by atoms with van der Waals surface area (Å²) in [5, 5.41) is 15.7. The van der Waals surface area contributed by atoms with Crippen molar-refractivity contribution < 1.29 is 9.90 Å². The van der Waals surface area contributed by atoms with E-state index in [2.05, 4.69) is 20.2 Å². The summed E-state index contributed by atoms with van der Waals surface area (Å²) in [6.07, 6.45) is 1.60. The quantitative estimate of drug-likeness (QED) is 0.722. The van der Waals surface area contributed by atoms with Gasteiger partial charge >= 0.3 is 5.97 Å². The first kappa shape index (κ1) is 8.36. The molecule has 0 amide bonds. The van der Waals surface area contributed by atoms with Gasteiger partial charge in [0.15, 0.2) is 5.82 Å². The molecule has 0 bridgehead atoms. The van der Waals surface area contributed by atoms with E-state index in [0.717, 1.165) is 0 Å². The van der Waals surface area contributed by atoms with E-state index in [4.69, 9.17) is 5.11 Å². The van der Waals surface area contributed by atoms with Crippen molar-refractivity contribution in [2.24, 2.45) is 0 Å². The largest absolute Gasteiger partial charge is 0.475 e. The second-order valence-electron chi connectivity index (χ2n) is 2.54. The van der Waals surface area contributed by atoms with Gasteiger partial charge in [0.2, 0.25) is 5.82 Å². The minimum Gasteiger partial charge on any atom is -0.475 e. The Kier molecular flexibility index (Phi) is 1.94. The maximum Gasteiger partial charge on any atom is 0.373 e. The lowest BCUT2D eigenvalue weighted by molar-refractivity contribution is 0.0684. The number of aromatic nitrogens is 4. The molecule has 0 aliphatic rings. The van der Waals surface area contributed by atoms with Crippen LogP contribution in [0.15, 0.2) is 24.4 Å². The molecule has 70 valence electrons. The number of carboxylic acids is 1. The van der Waals surface area contributed by atoms with Crippen molar-refractivity contribution in [3.8, 4) is 11.5 Å². The number of hydrogen-bond acceptors (Lipinski definition) is 4. The van der Waals surface area contributed by atoms with Crippen LogP contribution in [0.5, 0.6) is 0 Å². The van der Waals surface area contributed by atoms with Gasteiger partial charge < -0.3 is 10.1 Å². The monoisotopic (exact) mass is 190 g/mol. The molecule has 0 unspecified atom stereocenters. The highest BCUT2D eigenvalue weighted by atomic mass is 16.4. The average molecular weight is 190 g/mol. The maximum atomic E-state index is 10.5. The normalized spacial score (nSPS) is 10.0. The van der Waals surface area contributed by atoms with Gasteiger partial charge in [-0.05, 0) is 12.1 Å². The molecule has 2 aromatic rings. The number of H-pyrrole nitrogens is 1. The van der Waals surface area contributed by atoms with E-state index < -0.39 is 5.97 Å². The summed E-state index contributed by atoms with van der Waals surface area (Å²) >= 11 is 0. The van der Waals surface area contributed by atoms with Crippen LogP contribution in [-0.4, -0.2) is 31.2 Å². The first-order chi connectivity index (χ1) is 6.77. The molecule has 0 aliphatic carbocycles. The molecule has 2 heterocycles. The predicted octanol–water partition coefficient (Wildman–Crippen LogP) is 0.565. The molecular weight excluding hydrogens is 184 g/mol. The second-order valence-corrected chi connectivity index (χ2v) is 2.54. The average Bonchev–Trinajstić information content (AvgIpc) is 2.68. The van der Waals surface area contributed by atoms with Crippen molar-refractivity contribution in [1.29, 1.82) is 0 Å². The van der Waals surface area contributed by atoms with Crippen molar-refractivity contribution >= 4 is 5.97 Å². The molecule has 0 aromatic carbocycles. The van der Waals surface area contributed by atoms with E-state index in [9.17, 15) is 4.79 Å². The summed E-state index contributed by atoms with van der Waals surface area (Å²) in [4.78, 5) is 17.0. The number of nitrogens with one attached hydrogen (secondary N) is 1. The lowest BCUT2D eigenvalue weighted by atomic mass is 10.3. The van der Waals surface area contributed by atoms with Crippen LogP contribution < -0.4 is 0 Å². The zero-order valence-electron chi connectivity index (χ0n) is 7.01.